The summed E-state index contributed by atoms with van der Waals surface area (Å²) in [6.07, 6.45) is -3.20. The molecule has 2 aromatic rings. The van der Waals surface area contributed by atoms with Crippen molar-refractivity contribution in [1.82, 2.24) is 9.88 Å². The van der Waals surface area contributed by atoms with E-state index in [2.05, 4.69) is 15.1 Å². The molecule has 0 aliphatic carbocycles. The summed E-state index contributed by atoms with van der Waals surface area (Å²) >= 11 is 3.08. The van der Waals surface area contributed by atoms with E-state index < -0.39 is 77.3 Å². The Hall–Kier alpha value is -3.00. The number of aliphatic imine (C=N–C) groups is 1. The lowest BCUT2D eigenvalue weighted by Crippen LogP contribution is -2.59. The van der Waals surface area contributed by atoms with Crippen molar-refractivity contribution in [2.24, 2.45) is 27.9 Å². The molecule has 5 heterocycles. The Morgan fingerprint density at radius 1 is 1.14 bits per heavy atom. The van der Waals surface area contributed by atoms with Crippen LogP contribution in [0.15, 0.2) is 33.9 Å². The number of carbonyl (C=O) groups is 3. The molecule has 2 aromatic heterocycles. The Labute approximate surface area is 349 Å². The molecule has 3 aliphatic heterocycles. The summed E-state index contributed by atoms with van der Waals surface area (Å²) in [5.41, 5.74) is -2.45. The Bertz CT molecular complexity index is 1780. The lowest BCUT2D eigenvalue weighted by molar-refractivity contribution is -0.296. The molecule has 3 fully saturated rings. The summed E-state index contributed by atoms with van der Waals surface area (Å²) in [4.78, 5) is 59.5. The average molecular weight is 849 g/mol. The number of nitrogens with zero attached hydrogens (tertiary/aromatic N) is 4. The topological polar surface area (TPSA) is 188 Å². The Morgan fingerprint density at radius 2 is 1.88 bits per heavy atom. The maximum atomic E-state index is 14.4. The third-order valence-electron chi connectivity index (χ3n) is 11.5. The van der Waals surface area contributed by atoms with Crippen LogP contribution in [0.4, 0.5) is 0 Å². The third-order valence-corrected chi connectivity index (χ3v) is 13.5. The SMILES string of the molecule is CC[C@@H]1OC(=O)[C@H](C)C(=O)[C@H](C)[C@@H](O[C@@H]2O[C@H](C)C[C@H](N(C)C)[C@H]2O)[C@@]2(C)C[C@@H](C)C(=NC(C)=O)C[C@H](OC/C(=N/OCc3ccc(-c4nccs4)s3)CO2)[C@]1(C)O. The molecule has 0 unspecified atom stereocenters. The fraction of sp³-hybridized carbons (Fsp3) is 0.707. The molecule has 0 aromatic carbocycles. The second-order valence-corrected chi connectivity index (χ2v) is 18.5. The van der Waals surface area contributed by atoms with Crippen molar-refractivity contribution in [3.05, 3.63) is 28.6 Å². The van der Waals surface area contributed by atoms with Crippen LogP contribution in [0.5, 0.6) is 0 Å². The number of ether oxygens (including phenoxy) is 5. The Morgan fingerprint density at radius 3 is 2.53 bits per heavy atom. The number of amides is 1. The molecule has 2 bridgehead atoms. The fourth-order valence-corrected chi connectivity index (χ4v) is 9.76. The van der Waals surface area contributed by atoms with Crippen molar-refractivity contribution in [2.75, 3.05) is 27.3 Å². The van der Waals surface area contributed by atoms with Crippen LogP contribution in [0.1, 0.15) is 86.0 Å². The van der Waals surface area contributed by atoms with Gasteiger partial charge in [-0.05, 0) is 79.1 Å². The zero-order chi connectivity index (χ0) is 42.5. The monoisotopic (exact) mass is 848 g/mol. The average Bonchev–Trinajstić information content (AvgIpc) is 3.87. The molecule has 1 amide bonds. The first kappa shape index (κ1) is 46.1. The Balaban J connectivity index is 1.62. The Kier molecular flexibility index (Phi) is 15.6. The van der Waals surface area contributed by atoms with E-state index in [9.17, 15) is 24.6 Å². The molecule has 15 nitrogen and oxygen atoms in total. The predicted octanol–water partition coefficient (Wildman–Crippen LogP) is 5.06. The van der Waals surface area contributed by atoms with Crippen molar-refractivity contribution in [2.45, 2.75) is 142 Å². The van der Waals surface area contributed by atoms with E-state index in [1.165, 1.54) is 32.1 Å². The quantitative estimate of drug-likeness (QED) is 0.204. The second kappa shape index (κ2) is 19.6. The second-order valence-electron chi connectivity index (χ2n) is 16.5. The number of esters is 1. The first-order valence-electron chi connectivity index (χ1n) is 20.0. The number of thiazole rings is 1. The largest absolute Gasteiger partial charge is 0.459 e. The summed E-state index contributed by atoms with van der Waals surface area (Å²) in [7, 11) is 3.74. The summed E-state index contributed by atoms with van der Waals surface area (Å²) in [6.45, 7) is 13.1. The number of Topliss-reactive ketones (excluding diaryl/α,β-unsaturated/α-hetero) is 1. The minimum Gasteiger partial charge on any atom is -0.459 e. The number of ketones is 1. The number of carbonyl (C=O) groups excluding carboxylic acids is 3. The van der Waals surface area contributed by atoms with Crippen LogP contribution in [0, 0.1) is 17.8 Å². The van der Waals surface area contributed by atoms with Gasteiger partial charge in [0.25, 0.3) is 0 Å². The van der Waals surface area contributed by atoms with Gasteiger partial charge in [0, 0.05) is 47.5 Å². The molecule has 322 valence electrons. The van der Waals surface area contributed by atoms with E-state index in [1.807, 2.05) is 50.4 Å². The van der Waals surface area contributed by atoms with Crippen LogP contribution in [0.3, 0.4) is 0 Å². The van der Waals surface area contributed by atoms with Gasteiger partial charge in [0.05, 0.1) is 42.0 Å². The number of rotatable bonds is 8. The van der Waals surface area contributed by atoms with Crippen LogP contribution in [0.25, 0.3) is 9.88 Å². The minimum atomic E-state index is -1.81. The summed E-state index contributed by atoms with van der Waals surface area (Å²) in [6, 6.07) is 3.62. The number of thiophene rings is 1. The van der Waals surface area contributed by atoms with E-state index in [1.54, 1.807) is 38.3 Å². The zero-order valence-electron chi connectivity index (χ0n) is 35.2. The first-order valence-corrected chi connectivity index (χ1v) is 21.7. The zero-order valence-corrected chi connectivity index (χ0v) is 36.8. The lowest BCUT2D eigenvalue weighted by Gasteiger charge is -2.47. The van der Waals surface area contributed by atoms with Gasteiger partial charge in [0.2, 0.25) is 5.91 Å². The molecule has 2 N–H and O–H groups in total. The van der Waals surface area contributed by atoms with E-state index in [4.69, 9.17) is 28.5 Å². The number of oxime groups is 1. The minimum absolute atomic E-state index is 0.0111. The van der Waals surface area contributed by atoms with Gasteiger partial charge in [-0.25, -0.2) is 9.98 Å². The summed E-state index contributed by atoms with van der Waals surface area (Å²) in [5.74, 6) is -4.51. The number of cyclic esters (lactones) is 1. The first-order chi connectivity index (χ1) is 27.3. The highest BCUT2D eigenvalue weighted by atomic mass is 32.1. The van der Waals surface area contributed by atoms with Crippen molar-refractivity contribution in [3.63, 3.8) is 0 Å². The van der Waals surface area contributed by atoms with Gasteiger partial charge in [-0.1, -0.05) is 25.9 Å². The molecule has 3 aliphatic rings. The molecular weight excluding hydrogens is 789 g/mol. The molecule has 0 saturated carbocycles. The third kappa shape index (κ3) is 10.8. The van der Waals surface area contributed by atoms with Crippen LogP contribution in [-0.2, 0) is 49.5 Å². The molecule has 12 atom stereocenters. The van der Waals surface area contributed by atoms with Crippen LogP contribution < -0.4 is 0 Å². The number of hydrogen-bond acceptors (Lipinski definition) is 16. The lowest BCUT2D eigenvalue weighted by atomic mass is 9.76. The van der Waals surface area contributed by atoms with Gasteiger partial charge in [0.1, 0.15) is 34.4 Å². The molecule has 5 rings (SSSR count). The van der Waals surface area contributed by atoms with Gasteiger partial charge in [-0.3, -0.25) is 14.4 Å². The van der Waals surface area contributed by atoms with Gasteiger partial charge >= 0.3 is 5.97 Å². The smallest absolute Gasteiger partial charge is 0.316 e. The van der Waals surface area contributed by atoms with Crippen molar-refractivity contribution in [1.29, 1.82) is 0 Å². The van der Waals surface area contributed by atoms with Crippen molar-refractivity contribution >= 4 is 51.8 Å². The van der Waals surface area contributed by atoms with Gasteiger partial charge in [0.15, 0.2) is 18.7 Å². The summed E-state index contributed by atoms with van der Waals surface area (Å²) < 4.78 is 32.3. The highest BCUT2D eigenvalue weighted by molar-refractivity contribution is 7.21. The fourth-order valence-electron chi connectivity index (χ4n) is 8.12. The number of aromatic nitrogens is 1. The maximum Gasteiger partial charge on any atom is 0.316 e. The highest BCUT2D eigenvalue weighted by Crippen LogP contribution is 2.39. The summed E-state index contributed by atoms with van der Waals surface area (Å²) in [5, 5.41) is 31.2. The van der Waals surface area contributed by atoms with Crippen molar-refractivity contribution < 1.29 is 53.1 Å². The van der Waals surface area contributed by atoms with E-state index >= 15 is 0 Å². The molecule has 0 spiro atoms. The van der Waals surface area contributed by atoms with E-state index in [0.717, 1.165) is 14.8 Å². The normalized spacial score (nSPS) is 37.3. The number of aliphatic hydroxyl groups is 2. The molecule has 58 heavy (non-hydrogen) atoms. The van der Waals surface area contributed by atoms with Gasteiger partial charge < -0.3 is 43.6 Å². The van der Waals surface area contributed by atoms with E-state index in [-0.39, 0.29) is 51.2 Å². The number of fused-ring (bicyclic) bond motifs is 5. The standard InChI is InChI=1S/C41H60N4O11S2/c1-11-32-41(8,50)33-17-29(43-26(6)46)22(2)18-40(7,52-20-27(19-51-33)44-53-21-28-12-13-31(58-28)37-42-14-15-57-37)36(24(4)34(47)25(5)38(49)55-32)56-39-35(48)30(45(9)10)16-23(3)54-39/h12-15,22-25,30,32-33,35-36,39,48,50H,11,16-21H2,1-10H3/b43-29?,44-27-/t22-,23-,24+,25-,30+,32+,33+,35-,36-,39+,40-,41-/m1/s1. The highest BCUT2D eigenvalue weighted by Gasteiger charge is 2.51. The predicted molar refractivity (Wildman–Crippen MR) is 220 cm³/mol. The van der Waals surface area contributed by atoms with Gasteiger partial charge in [-0.2, -0.15) is 0 Å². The number of likely N-dealkylation sites (N-methyl/N-ethyl adjacent to an activating group) is 1. The van der Waals surface area contributed by atoms with Gasteiger partial charge in [-0.15, -0.1) is 22.7 Å². The number of aliphatic hydroxyl groups excluding tert-OH is 1. The molecule has 17 heteroatoms. The van der Waals surface area contributed by atoms with Crippen LogP contribution in [0.2, 0.25) is 0 Å². The van der Waals surface area contributed by atoms with Crippen molar-refractivity contribution in [3.8, 4) is 9.88 Å². The molecule has 0 radical (unpaired) electrons. The molecule has 3 saturated heterocycles. The number of hydrogen-bond donors (Lipinski definition) is 2. The van der Waals surface area contributed by atoms with Crippen LogP contribution >= 0.6 is 22.7 Å². The van der Waals surface area contributed by atoms with Crippen LogP contribution in [-0.4, -0.2) is 131 Å². The maximum absolute atomic E-state index is 14.4. The molecular formula is C41H60N4O11S2. The van der Waals surface area contributed by atoms with E-state index in [0.29, 0.717) is 17.8 Å².